The predicted molar refractivity (Wildman–Crippen MR) is 85.0 cm³/mol. The predicted octanol–water partition coefficient (Wildman–Crippen LogP) is 3.54. The van der Waals surface area contributed by atoms with Crippen LogP contribution in [0.25, 0.3) is 0 Å². The molecule has 0 saturated heterocycles. The summed E-state index contributed by atoms with van der Waals surface area (Å²) >= 11 is 0. The Morgan fingerprint density at radius 3 is 2.35 bits per heavy atom. The van der Waals surface area contributed by atoms with Crippen LogP contribution >= 0.6 is 0 Å². The Morgan fingerprint density at radius 2 is 1.70 bits per heavy atom. The van der Waals surface area contributed by atoms with E-state index in [1.54, 1.807) is 0 Å². The molecule has 5 aliphatic rings. The maximum atomic E-state index is 9.75. The Morgan fingerprint density at radius 1 is 1.04 bits per heavy atom. The Bertz CT molecular complexity index is 643. The van der Waals surface area contributed by atoms with E-state index < -0.39 is 0 Å². The maximum Gasteiger partial charge on any atom is 0.231 e. The molecule has 1 atom stereocenters. The molecule has 1 aromatic carbocycles. The number of benzene rings is 1. The van der Waals surface area contributed by atoms with Gasteiger partial charge in [-0.25, -0.2) is 0 Å². The van der Waals surface area contributed by atoms with Crippen molar-refractivity contribution in [2.75, 3.05) is 6.79 Å². The van der Waals surface area contributed by atoms with Crippen molar-refractivity contribution in [1.82, 2.24) is 5.32 Å². The van der Waals surface area contributed by atoms with Gasteiger partial charge in [0.15, 0.2) is 11.5 Å². The highest BCUT2D eigenvalue weighted by Gasteiger charge is 2.51. The van der Waals surface area contributed by atoms with Gasteiger partial charge < -0.3 is 9.47 Å². The summed E-state index contributed by atoms with van der Waals surface area (Å²) in [6.45, 7) is 0.276. The summed E-state index contributed by atoms with van der Waals surface area (Å²) in [5.74, 6) is 4.18. The molecule has 4 aliphatic carbocycles. The average Bonchev–Trinajstić information content (AvgIpc) is 2.99. The van der Waals surface area contributed by atoms with Gasteiger partial charge in [0.2, 0.25) is 6.79 Å². The Labute approximate surface area is 136 Å². The third-order valence-electron chi connectivity index (χ3n) is 6.35. The van der Waals surface area contributed by atoms with Gasteiger partial charge in [-0.2, -0.15) is 5.26 Å². The minimum atomic E-state index is -0.263. The van der Waals surface area contributed by atoms with E-state index in [4.69, 9.17) is 9.47 Å². The van der Waals surface area contributed by atoms with E-state index in [9.17, 15) is 5.26 Å². The number of fused-ring (bicyclic) bond motifs is 1. The third kappa shape index (κ3) is 2.21. The van der Waals surface area contributed by atoms with Crippen molar-refractivity contribution in [3.63, 3.8) is 0 Å². The number of hydrogen-bond acceptors (Lipinski definition) is 4. The fraction of sp³-hybridized carbons (Fsp3) is 0.632. The molecule has 4 bridgehead atoms. The SMILES string of the molecule is N#C[C@H](NC12CC3CC(CC(C3)C1)C2)c1ccc2c(c1)OCO2. The van der Waals surface area contributed by atoms with E-state index in [2.05, 4.69) is 11.4 Å². The first-order valence-electron chi connectivity index (χ1n) is 8.80. The van der Waals surface area contributed by atoms with Crippen molar-refractivity contribution in [2.45, 2.75) is 50.1 Å². The van der Waals surface area contributed by atoms with Crippen LogP contribution < -0.4 is 14.8 Å². The first-order chi connectivity index (χ1) is 11.2. The summed E-state index contributed by atoms with van der Waals surface area (Å²) < 4.78 is 10.8. The molecule has 1 aliphatic heterocycles. The van der Waals surface area contributed by atoms with E-state index >= 15 is 0 Å². The van der Waals surface area contributed by atoms with Crippen LogP contribution in [0.15, 0.2) is 18.2 Å². The maximum absolute atomic E-state index is 9.75. The molecule has 0 aromatic heterocycles. The summed E-state index contributed by atoms with van der Waals surface area (Å²) in [6.07, 6.45) is 8.01. The molecule has 1 heterocycles. The molecule has 4 heteroatoms. The standard InChI is InChI=1S/C19H22N2O2/c20-10-16(15-1-2-17-18(6-15)23-11-22-17)21-19-7-12-3-13(8-19)5-14(4-12)9-19/h1-2,6,12-14,16,21H,3-5,7-9,11H2/t12?,13?,14?,16-,19?/m0/s1. The summed E-state index contributed by atoms with van der Waals surface area (Å²) in [5, 5.41) is 13.5. The monoisotopic (exact) mass is 310 g/mol. The van der Waals surface area contributed by atoms with E-state index in [-0.39, 0.29) is 18.4 Å². The van der Waals surface area contributed by atoms with Crippen LogP contribution in [0.1, 0.15) is 50.1 Å². The highest BCUT2D eigenvalue weighted by atomic mass is 16.7. The van der Waals surface area contributed by atoms with E-state index in [1.165, 1.54) is 38.5 Å². The van der Waals surface area contributed by atoms with Crippen LogP contribution in [0, 0.1) is 29.1 Å². The lowest BCUT2D eigenvalue weighted by molar-refractivity contribution is -0.0226. The van der Waals surface area contributed by atoms with E-state index in [0.29, 0.717) is 0 Å². The zero-order chi connectivity index (χ0) is 15.4. The molecule has 4 saturated carbocycles. The summed E-state index contributed by atoms with van der Waals surface area (Å²) in [4.78, 5) is 0. The van der Waals surface area contributed by atoms with Gasteiger partial charge in [-0.05, 0) is 74.0 Å². The van der Waals surface area contributed by atoms with Crippen LogP contribution in [-0.2, 0) is 0 Å². The quantitative estimate of drug-likeness (QED) is 0.928. The van der Waals surface area contributed by atoms with Crippen LogP contribution in [0.5, 0.6) is 11.5 Å². The van der Waals surface area contributed by atoms with Gasteiger partial charge in [0.1, 0.15) is 6.04 Å². The van der Waals surface area contributed by atoms with Crippen LogP contribution in [-0.4, -0.2) is 12.3 Å². The molecule has 6 rings (SSSR count). The summed E-state index contributed by atoms with van der Waals surface area (Å²) in [5.41, 5.74) is 1.18. The lowest BCUT2D eigenvalue weighted by Gasteiger charge is -2.57. The van der Waals surface area contributed by atoms with Crippen molar-refractivity contribution in [3.05, 3.63) is 23.8 Å². The first-order valence-corrected chi connectivity index (χ1v) is 8.80. The lowest BCUT2D eigenvalue weighted by Crippen LogP contribution is -2.58. The van der Waals surface area contributed by atoms with Crippen molar-refractivity contribution < 1.29 is 9.47 Å². The zero-order valence-corrected chi connectivity index (χ0v) is 13.3. The molecular weight excluding hydrogens is 288 g/mol. The Kier molecular flexibility index (Phi) is 2.90. The minimum absolute atomic E-state index is 0.186. The zero-order valence-electron chi connectivity index (χ0n) is 13.3. The van der Waals surface area contributed by atoms with Gasteiger partial charge >= 0.3 is 0 Å². The van der Waals surface area contributed by atoms with Gasteiger partial charge in [0.25, 0.3) is 0 Å². The average molecular weight is 310 g/mol. The van der Waals surface area contributed by atoms with Gasteiger partial charge in [-0.3, -0.25) is 5.32 Å². The number of nitrogens with zero attached hydrogens (tertiary/aromatic N) is 1. The Balaban J connectivity index is 1.41. The van der Waals surface area contributed by atoms with Crippen molar-refractivity contribution in [1.29, 1.82) is 5.26 Å². The highest BCUT2D eigenvalue weighted by molar-refractivity contribution is 5.46. The highest BCUT2D eigenvalue weighted by Crippen LogP contribution is 2.56. The molecule has 1 N–H and O–H groups in total. The lowest BCUT2D eigenvalue weighted by atomic mass is 9.53. The number of hydrogen-bond donors (Lipinski definition) is 1. The fourth-order valence-electron chi connectivity index (χ4n) is 5.88. The van der Waals surface area contributed by atoms with Crippen LogP contribution in [0.3, 0.4) is 0 Å². The number of ether oxygens (including phenoxy) is 2. The molecule has 0 radical (unpaired) electrons. The molecule has 0 unspecified atom stereocenters. The largest absolute Gasteiger partial charge is 0.454 e. The molecule has 4 nitrogen and oxygen atoms in total. The molecule has 4 fully saturated rings. The van der Waals surface area contributed by atoms with Crippen LogP contribution in [0.4, 0.5) is 0 Å². The van der Waals surface area contributed by atoms with Crippen molar-refractivity contribution in [2.24, 2.45) is 17.8 Å². The normalized spacial score (nSPS) is 37.6. The second-order valence-corrected chi connectivity index (χ2v) is 8.02. The molecule has 120 valence electrons. The summed E-state index contributed by atoms with van der Waals surface area (Å²) in [6, 6.07) is 8.09. The molecule has 23 heavy (non-hydrogen) atoms. The third-order valence-corrected chi connectivity index (χ3v) is 6.35. The van der Waals surface area contributed by atoms with E-state index in [1.807, 2.05) is 18.2 Å². The van der Waals surface area contributed by atoms with E-state index in [0.717, 1.165) is 34.8 Å². The second kappa shape index (κ2) is 4.88. The van der Waals surface area contributed by atoms with Gasteiger partial charge in [0, 0.05) is 5.54 Å². The minimum Gasteiger partial charge on any atom is -0.454 e. The van der Waals surface area contributed by atoms with Crippen molar-refractivity contribution >= 4 is 0 Å². The Hall–Kier alpha value is -1.73. The second-order valence-electron chi connectivity index (χ2n) is 8.02. The fourth-order valence-corrected chi connectivity index (χ4v) is 5.88. The molecule has 0 amide bonds. The smallest absolute Gasteiger partial charge is 0.231 e. The number of rotatable bonds is 3. The van der Waals surface area contributed by atoms with Gasteiger partial charge in [-0.15, -0.1) is 0 Å². The van der Waals surface area contributed by atoms with Crippen LogP contribution in [0.2, 0.25) is 0 Å². The molecule has 0 spiro atoms. The topological polar surface area (TPSA) is 54.3 Å². The van der Waals surface area contributed by atoms with Gasteiger partial charge in [-0.1, -0.05) is 6.07 Å². The first kappa shape index (κ1) is 13.7. The molecular formula is C19H22N2O2. The molecule has 1 aromatic rings. The van der Waals surface area contributed by atoms with Gasteiger partial charge in [0.05, 0.1) is 6.07 Å². The van der Waals surface area contributed by atoms with Crippen molar-refractivity contribution in [3.8, 4) is 17.6 Å². The number of nitrogens with one attached hydrogen (secondary N) is 1. The number of nitriles is 1. The summed E-state index contributed by atoms with van der Waals surface area (Å²) in [7, 11) is 0.